The van der Waals surface area contributed by atoms with Gasteiger partial charge in [-0.1, -0.05) is 44.9 Å². The molecule has 0 radical (unpaired) electrons. The highest BCUT2D eigenvalue weighted by Crippen LogP contribution is 2.44. The van der Waals surface area contributed by atoms with Gasteiger partial charge >= 0.3 is 0 Å². The van der Waals surface area contributed by atoms with Crippen LogP contribution in [0.5, 0.6) is 0 Å². The molecular weight excluding hydrogens is 566 g/mol. The molecule has 7 nitrogen and oxygen atoms in total. The fourth-order valence-electron chi connectivity index (χ4n) is 4.25. The van der Waals surface area contributed by atoms with Crippen molar-refractivity contribution in [3.63, 3.8) is 0 Å². The molecule has 1 aliphatic rings. The van der Waals surface area contributed by atoms with E-state index in [-0.39, 0.29) is 11.3 Å². The number of rotatable bonds is 4. The summed E-state index contributed by atoms with van der Waals surface area (Å²) >= 11 is 11.0. The third kappa shape index (κ3) is 3.62. The number of aryl methyl sites for hydroxylation is 1. The number of halogens is 2. The van der Waals surface area contributed by atoms with Gasteiger partial charge < -0.3 is 9.52 Å². The normalized spacial score (nSPS) is 16.0. The molecule has 4 heterocycles. The molecule has 1 atom stereocenters. The zero-order valence-electron chi connectivity index (χ0n) is 18.5. The van der Waals surface area contributed by atoms with Gasteiger partial charge in [-0.15, -0.1) is 0 Å². The van der Waals surface area contributed by atoms with E-state index in [1.165, 1.54) is 16.2 Å². The first-order chi connectivity index (χ1) is 17.3. The van der Waals surface area contributed by atoms with E-state index >= 15 is 0 Å². The molecule has 1 aliphatic heterocycles. The number of anilines is 1. The van der Waals surface area contributed by atoms with Crippen LogP contribution >= 0.6 is 38.9 Å². The zero-order chi connectivity index (χ0) is 25.1. The molecule has 0 spiro atoms. The van der Waals surface area contributed by atoms with Crippen LogP contribution in [0.2, 0.25) is 5.02 Å². The van der Waals surface area contributed by atoms with E-state index in [0.717, 1.165) is 14.7 Å². The van der Waals surface area contributed by atoms with Crippen molar-refractivity contribution in [1.82, 2.24) is 9.97 Å². The van der Waals surface area contributed by atoms with E-state index in [1.807, 2.05) is 19.1 Å². The van der Waals surface area contributed by atoms with Gasteiger partial charge in [0.15, 0.2) is 16.7 Å². The Morgan fingerprint density at radius 1 is 1.19 bits per heavy atom. The smallest absolute Gasteiger partial charge is 0.296 e. The Hall–Kier alpha value is -3.53. The van der Waals surface area contributed by atoms with Crippen molar-refractivity contribution in [3.05, 3.63) is 98.6 Å². The van der Waals surface area contributed by atoms with E-state index in [1.54, 1.807) is 48.7 Å². The molecule has 5 aromatic rings. The van der Waals surface area contributed by atoms with Crippen LogP contribution in [0.15, 0.2) is 81.0 Å². The molecule has 36 heavy (non-hydrogen) atoms. The number of thiazole rings is 1. The lowest BCUT2D eigenvalue weighted by atomic mass is 9.98. The van der Waals surface area contributed by atoms with E-state index < -0.39 is 23.5 Å². The maximum Gasteiger partial charge on any atom is 0.296 e. The third-order valence-electron chi connectivity index (χ3n) is 5.99. The predicted octanol–water partition coefficient (Wildman–Crippen LogP) is 6.94. The van der Waals surface area contributed by atoms with Crippen LogP contribution in [0.25, 0.3) is 21.2 Å². The summed E-state index contributed by atoms with van der Waals surface area (Å²) in [6.07, 6.45) is 1.57. The fourth-order valence-corrected chi connectivity index (χ4v) is 5.86. The van der Waals surface area contributed by atoms with E-state index in [2.05, 4.69) is 25.9 Å². The van der Waals surface area contributed by atoms with Gasteiger partial charge in [0.05, 0.1) is 21.5 Å². The average molecular weight is 581 g/mol. The molecule has 2 aromatic carbocycles. The molecule has 0 fully saturated rings. The lowest BCUT2D eigenvalue weighted by Gasteiger charge is -2.23. The number of pyridine rings is 1. The molecule has 6 rings (SSSR count). The topological polar surface area (TPSA) is 96.5 Å². The highest BCUT2D eigenvalue weighted by Gasteiger charge is 2.47. The number of fused-ring (bicyclic) bond motifs is 2. The SMILES string of the molecule is Cc1cc2sc(N3C(=O)C(O)=C(C(=O)c4cc5cc(Br)ccc5o4)C3c3ccccn3)nc2cc1Cl. The van der Waals surface area contributed by atoms with Gasteiger partial charge in [-0.2, -0.15) is 0 Å². The van der Waals surface area contributed by atoms with Gasteiger partial charge in [0.1, 0.15) is 11.6 Å². The van der Waals surface area contributed by atoms with Crippen LogP contribution in [-0.2, 0) is 4.79 Å². The number of nitrogens with zero attached hydrogens (tertiary/aromatic N) is 3. The summed E-state index contributed by atoms with van der Waals surface area (Å²) in [5.41, 5.74) is 2.29. The van der Waals surface area contributed by atoms with E-state index in [0.29, 0.717) is 32.3 Å². The van der Waals surface area contributed by atoms with Gasteiger partial charge in [0.2, 0.25) is 5.78 Å². The maximum atomic E-state index is 13.7. The molecule has 1 N–H and O–H groups in total. The number of aliphatic hydroxyl groups excluding tert-OH is 1. The minimum Gasteiger partial charge on any atom is -0.503 e. The van der Waals surface area contributed by atoms with Crippen LogP contribution in [0.3, 0.4) is 0 Å². The first-order valence-electron chi connectivity index (χ1n) is 10.8. The van der Waals surface area contributed by atoms with Crippen molar-refractivity contribution >= 4 is 76.9 Å². The maximum absolute atomic E-state index is 13.7. The summed E-state index contributed by atoms with van der Waals surface area (Å²) in [6.45, 7) is 1.88. The molecule has 10 heteroatoms. The number of Topliss-reactive ketones (excluding diaryl/α,β-unsaturated/α-hetero) is 1. The standard InChI is InChI=1S/C26H15BrClN3O4S/c1-12-8-20-17(11-15(12)28)30-26(36-20)31-22(16-4-2-3-7-29-16)21(24(33)25(31)34)23(32)19-10-13-9-14(27)5-6-18(13)35-19/h2-11,22,33H,1H3. The molecule has 1 unspecified atom stereocenters. The minimum atomic E-state index is -0.997. The molecule has 0 saturated heterocycles. The number of aliphatic hydroxyl groups is 1. The largest absolute Gasteiger partial charge is 0.503 e. The Balaban J connectivity index is 1.50. The van der Waals surface area contributed by atoms with Gasteiger partial charge in [-0.3, -0.25) is 19.5 Å². The molecule has 0 aliphatic carbocycles. The summed E-state index contributed by atoms with van der Waals surface area (Å²) < 4.78 is 7.44. The van der Waals surface area contributed by atoms with Gasteiger partial charge in [0.25, 0.3) is 5.91 Å². The number of ketones is 1. The number of hydrogen-bond acceptors (Lipinski definition) is 7. The third-order valence-corrected chi connectivity index (χ3v) is 7.90. The highest BCUT2D eigenvalue weighted by atomic mass is 79.9. The number of benzene rings is 2. The van der Waals surface area contributed by atoms with Gasteiger partial charge in [-0.05, 0) is 61.0 Å². The molecular formula is C26H15BrClN3O4S. The lowest BCUT2D eigenvalue weighted by molar-refractivity contribution is -0.117. The number of furan rings is 1. The van der Waals surface area contributed by atoms with Crippen molar-refractivity contribution in [2.24, 2.45) is 0 Å². The van der Waals surface area contributed by atoms with Crippen LogP contribution < -0.4 is 4.90 Å². The second-order valence-corrected chi connectivity index (χ2v) is 10.6. The van der Waals surface area contributed by atoms with Crippen molar-refractivity contribution in [1.29, 1.82) is 0 Å². The second-order valence-electron chi connectivity index (χ2n) is 8.28. The van der Waals surface area contributed by atoms with Gasteiger partial charge in [0, 0.05) is 21.1 Å². The Bertz CT molecular complexity index is 1710. The zero-order valence-corrected chi connectivity index (χ0v) is 21.7. The Kier molecular flexibility index (Phi) is 5.44. The summed E-state index contributed by atoms with van der Waals surface area (Å²) in [6, 6.07) is 14.8. The van der Waals surface area contributed by atoms with Crippen molar-refractivity contribution < 1.29 is 19.1 Å². The van der Waals surface area contributed by atoms with Crippen LogP contribution in [0.1, 0.15) is 27.9 Å². The monoisotopic (exact) mass is 579 g/mol. The van der Waals surface area contributed by atoms with Crippen molar-refractivity contribution in [2.45, 2.75) is 13.0 Å². The van der Waals surface area contributed by atoms with Crippen molar-refractivity contribution in [2.75, 3.05) is 4.90 Å². The molecule has 178 valence electrons. The van der Waals surface area contributed by atoms with Gasteiger partial charge in [-0.25, -0.2) is 4.98 Å². The Labute approximate surface area is 221 Å². The fraction of sp³-hybridized carbons (Fsp3) is 0.0769. The lowest BCUT2D eigenvalue weighted by Crippen LogP contribution is -2.31. The highest BCUT2D eigenvalue weighted by molar-refractivity contribution is 9.10. The quantitative estimate of drug-likeness (QED) is 0.231. The average Bonchev–Trinajstić information content (AvgIpc) is 3.53. The Morgan fingerprint density at radius 3 is 2.81 bits per heavy atom. The number of aromatic nitrogens is 2. The number of carbonyl (C=O) groups is 2. The van der Waals surface area contributed by atoms with Crippen LogP contribution in [-0.4, -0.2) is 26.8 Å². The minimum absolute atomic E-state index is 0.00642. The van der Waals surface area contributed by atoms with E-state index in [4.69, 9.17) is 16.0 Å². The summed E-state index contributed by atoms with van der Waals surface area (Å²) in [5, 5.41) is 12.6. The van der Waals surface area contributed by atoms with Crippen LogP contribution in [0.4, 0.5) is 5.13 Å². The molecule has 3 aromatic heterocycles. The first kappa shape index (κ1) is 22.9. The summed E-state index contributed by atoms with van der Waals surface area (Å²) in [7, 11) is 0. The number of carbonyl (C=O) groups excluding carboxylic acids is 2. The molecule has 1 amide bonds. The number of amides is 1. The predicted molar refractivity (Wildman–Crippen MR) is 142 cm³/mol. The van der Waals surface area contributed by atoms with E-state index in [9.17, 15) is 14.7 Å². The first-order valence-corrected chi connectivity index (χ1v) is 12.8. The molecule has 0 saturated carbocycles. The molecule has 0 bridgehead atoms. The Morgan fingerprint density at radius 2 is 2.03 bits per heavy atom. The summed E-state index contributed by atoms with van der Waals surface area (Å²) in [4.78, 5) is 37.4. The van der Waals surface area contributed by atoms with Crippen molar-refractivity contribution in [3.8, 4) is 0 Å². The number of hydrogen-bond donors (Lipinski definition) is 1. The van der Waals surface area contributed by atoms with Crippen LogP contribution in [0, 0.1) is 6.92 Å². The second kappa shape index (κ2) is 8.55. The summed E-state index contributed by atoms with van der Waals surface area (Å²) in [5.74, 6) is -2.00.